The molecule has 0 bridgehead atoms. The number of ether oxygens (including phenoxy) is 2. The molecule has 0 aliphatic heterocycles. The van der Waals surface area contributed by atoms with E-state index in [1.807, 2.05) is 20.8 Å². The van der Waals surface area contributed by atoms with Crippen molar-refractivity contribution < 1.29 is 39.5 Å². The third kappa shape index (κ3) is 4.74. The first-order chi connectivity index (χ1) is 20.8. The van der Waals surface area contributed by atoms with Crippen molar-refractivity contribution in [1.82, 2.24) is 0 Å². The van der Waals surface area contributed by atoms with Gasteiger partial charge in [-0.1, -0.05) is 59.3 Å². The van der Waals surface area contributed by atoms with Crippen LogP contribution in [0.3, 0.4) is 0 Å². The summed E-state index contributed by atoms with van der Waals surface area (Å²) in [6.07, 6.45) is 5.28. The minimum Gasteiger partial charge on any atom is -0.465 e. The van der Waals surface area contributed by atoms with Gasteiger partial charge in [-0.25, -0.2) is 4.79 Å². The van der Waals surface area contributed by atoms with Gasteiger partial charge in [-0.3, -0.25) is 4.79 Å². The summed E-state index contributed by atoms with van der Waals surface area (Å²) < 4.78 is 11.4. The highest BCUT2D eigenvalue weighted by atomic mass is 16.5. The molecule has 12 atom stereocenters. The Morgan fingerprint density at radius 1 is 0.867 bits per heavy atom. The highest BCUT2D eigenvalue weighted by Crippen LogP contribution is 2.75. The van der Waals surface area contributed by atoms with Crippen molar-refractivity contribution in [3.05, 3.63) is 23.3 Å². The summed E-state index contributed by atoms with van der Waals surface area (Å²) in [5, 5.41) is 46.6. The van der Waals surface area contributed by atoms with Crippen LogP contribution in [0.1, 0.15) is 107 Å². The lowest BCUT2D eigenvalue weighted by Crippen LogP contribution is -2.72. The maximum absolute atomic E-state index is 12.7. The molecule has 5 aliphatic carbocycles. The average Bonchev–Trinajstić information content (AvgIpc) is 2.96. The standard InChI is InChI=1S/C37H58O8/c1-10-21(2)31(43)45-19-34(7)25-13-16-35(8)26(33(25,6)15-14-27(34)39)12-11-23-24-17-32(4,5)29(41)30(42)37(24,20-44-22(3)38)28(40)18-36(23,35)9/h10-11,24-30,39-42H,12-20H2,1-9H3/t24?,25?,26?,27-,28+,29-,30-,33-,34+,35+,36+,37-/m0/s1. The van der Waals surface area contributed by atoms with Crippen molar-refractivity contribution >= 4 is 11.9 Å². The van der Waals surface area contributed by atoms with Gasteiger partial charge in [0, 0.05) is 17.9 Å². The van der Waals surface area contributed by atoms with Crippen LogP contribution in [0.2, 0.25) is 0 Å². The molecule has 0 heterocycles. The Kier molecular flexibility index (Phi) is 8.58. The van der Waals surface area contributed by atoms with Crippen LogP contribution >= 0.6 is 0 Å². The van der Waals surface area contributed by atoms with Crippen molar-refractivity contribution in [1.29, 1.82) is 0 Å². The predicted molar refractivity (Wildman–Crippen MR) is 171 cm³/mol. The van der Waals surface area contributed by atoms with E-state index in [0.29, 0.717) is 24.8 Å². The van der Waals surface area contributed by atoms with Gasteiger partial charge < -0.3 is 29.9 Å². The highest BCUT2D eigenvalue weighted by molar-refractivity contribution is 5.87. The molecule has 3 unspecified atom stereocenters. The lowest BCUT2D eigenvalue weighted by molar-refractivity contribution is -0.261. The van der Waals surface area contributed by atoms with Crippen LogP contribution in [-0.4, -0.2) is 70.0 Å². The molecule has 8 nitrogen and oxygen atoms in total. The van der Waals surface area contributed by atoms with E-state index in [1.54, 1.807) is 13.0 Å². The van der Waals surface area contributed by atoms with Crippen molar-refractivity contribution in [2.24, 2.45) is 50.2 Å². The number of esters is 2. The molecule has 4 N–H and O–H groups in total. The van der Waals surface area contributed by atoms with E-state index < -0.39 is 52.0 Å². The Morgan fingerprint density at radius 3 is 2.16 bits per heavy atom. The fourth-order valence-corrected chi connectivity index (χ4v) is 11.6. The van der Waals surface area contributed by atoms with E-state index in [9.17, 15) is 30.0 Å². The Bertz CT molecular complexity index is 1270. The summed E-state index contributed by atoms with van der Waals surface area (Å²) in [5.41, 5.74) is -1.32. The van der Waals surface area contributed by atoms with Gasteiger partial charge >= 0.3 is 11.9 Å². The second-order valence-corrected chi connectivity index (χ2v) is 17.2. The molecule has 5 aliphatic rings. The SMILES string of the molecule is CC=C(C)C(=O)OC[C@]1(C)C2CC[C@]3(C)C(CC=C4C5CC(C)(C)[C@@H](O)[C@H](O)[C@]5(COC(C)=O)[C@H](O)C[C@]43C)[C@@]2(C)CC[C@@H]1O. The number of aliphatic hydroxyl groups excluding tert-OH is 4. The molecule has 8 heteroatoms. The summed E-state index contributed by atoms with van der Waals surface area (Å²) in [4.78, 5) is 24.7. The fraction of sp³-hybridized carbons (Fsp3) is 0.838. The van der Waals surface area contributed by atoms with Gasteiger partial charge in [0.2, 0.25) is 0 Å². The molecule has 0 spiro atoms. The second-order valence-electron chi connectivity index (χ2n) is 17.2. The van der Waals surface area contributed by atoms with Crippen LogP contribution in [-0.2, 0) is 19.1 Å². The second kappa shape index (κ2) is 11.2. The van der Waals surface area contributed by atoms with Gasteiger partial charge in [0.25, 0.3) is 0 Å². The smallest absolute Gasteiger partial charge is 0.333 e. The monoisotopic (exact) mass is 630 g/mol. The van der Waals surface area contributed by atoms with E-state index in [1.165, 1.54) is 12.5 Å². The number of carbonyl (C=O) groups excluding carboxylic acids is 2. The first-order valence-corrected chi connectivity index (χ1v) is 17.1. The van der Waals surface area contributed by atoms with Crippen LogP contribution < -0.4 is 0 Å². The summed E-state index contributed by atoms with van der Waals surface area (Å²) in [6.45, 7) is 18.0. The molecule has 0 amide bonds. The van der Waals surface area contributed by atoms with E-state index >= 15 is 0 Å². The van der Waals surface area contributed by atoms with Crippen molar-refractivity contribution in [2.75, 3.05) is 13.2 Å². The van der Waals surface area contributed by atoms with Gasteiger partial charge in [0.05, 0.1) is 36.4 Å². The molecular formula is C37H58O8. The van der Waals surface area contributed by atoms with Crippen molar-refractivity contribution in [2.45, 2.75) is 132 Å². The lowest BCUT2D eigenvalue weighted by Gasteiger charge is -2.72. The molecule has 0 aromatic heterocycles. The summed E-state index contributed by atoms with van der Waals surface area (Å²) in [5.74, 6) is -0.674. The molecule has 254 valence electrons. The molecule has 5 rings (SSSR count). The lowest BCUT2D eigenvalue weighted by atomic mass is 9.33. The maximum atomic E-state index is 12.7. The van der Waals surface area contributed by atoms with Crippen LogP contribution in [0.15, 0.2) is 23.3 Å². The van der Waals surface area contributed by atoms with Crippen LogP contribution in [0, 0.1) is 50.2 Å². The molecular weight excluding hydrogens is 572 g/mol. The summed E-state index contributed by atoms with van der Waals surface area (Å²) in [7, 11) is 0. The quantitative estimate of drug-likeness (QED) is 0.187. The van der Waals surface area contributed by atoms with Crippen LogP contribution in [0.25, 0.3) is 0 Å². The molecule has 4 fully saturated rings. The van der Waals surface area contributed by atoms with Crippen LogP contribution in [0.5, 0.6) is 0 Å². The summed E-state index contributed by atoms with van der Waals surface area (Å²) >= 11 is 0. The number of hydrogen-bond acceptors (Lipinski definition) is 8. The minimum absolute atomic E-state index is 0.132. The van der Waals surface area contributed by atoms with Gasteiger partial charge in [-0.2, -0.15) is 0 Å². The third-order valence-electron chi connectivity index (χ3n) is 14.7. The molecule has 45 heavy (non-hydrogen) atoms. The third-order valence-corrected chi connectivity index (χ3v) is 14.7. The average molecular weight is 631 g/mol. The number of hydrogen-bond donors (Lipinski definition) is 4. The molecule has 0 saturated heterocycles. The Labute approximate surface area is 269 Å². The van der Waals surface area contributed by atoms with E-state index in [0.717, 1.165) is 25.7 Å². The highest BCUT2D eigenvalue weighted by Gasteiger charge is 2.72. The number of allylic oxidation sites excluding steroid dienone is 3. The van der Waals surface area contributed by atoms with Gasteiger partial charge in [0.1, 0.15) is 6.61 Å². The number of carbonyl (C=O) groups is 2. The first-order valence-electron chi connectivity index (χ1n) is 17.1. The maximum Gasteiger partial charge on any atom is 0.333 e. The Balaban J connectivity index is 1.56. The van der Waals surface area contributed by atoms with E-state index in [2.05, 4.69) is 33.8 Å². The van der Waals surface area contributed by atoms with E-state index in [4.69, 9.17) is 9.47 Å². The zero-order valence-electron chi connectivity index (χ0n) is 29.0. The van der Waals surface area contributed by atoms with Gasteiger partial charge in [-0.05, 0) is 98.2 Å². The Hall–Kier alpha value is -1.74. The van der Waals surface area contributed by atoms with Crippen molar-refractivity contribution in [3.8, 4) is 0 Å². The topological polar surface area (TPSA) is 134 Å². The van der Waals surface area contributed by atoms with Crippen molar-refractivity contribution in [3.63, 3.8) is 0 Å². The molecule has 4 saturated carbocycles. The van der Waals surface area contributed by atoms with E-state index in [-0.39, 0.29) is 47.8 Å². The molecule has 0 radical (unpaired) electrons. The van der Waals surface area contributed by atoms with Crippen LogP contribution in [0.4, 0.5) is 0 Å². The zero-order valence-corrected chi connectivity index (χ0v) is 29.0. The Morgan fingerprint density at radius 2 is 1.53 bits per heavy atom. The minimum atomic E-state index is -1.25. The first kappa shape index (κ1) is 34.6. The number of rotatable bonds is 5. The number of aliphatic hydroxyl groups is 4. The number of fused-ring (bicyclic) bond motifs is 7. The molecule has 0 aromatic carbocycles. The summed E-state index contributed by atoms with van der Waals surface area (Å²) in [6, 6.07) is 0. The largest absolute Gasteiger partial charge is 0.465 e. The zero-order chi connectivity index (χ0) is 33.5. The van der Waals surface area contributed by atoms with Gasteiger partial charge in [0.15, 0.2) is 0 Å². The fourth-order valence-electron chi connectivity index (χ4n) is 11.6. The normalized spacial score (nSPS) is 49.0. The predicted octanol–water partition coefficient (Wildman–Crippen LogP) is 5.11. The molecule has 0 aromatic rings. The van der Waals surface area contributed by atoms with Gasteiger partial charge in [-0.15, -0.1) is 0 Å².